The molecule has 3 fully saturated rings. The molecule has 194 valence electrons. The fourth-order valence-electron chi connectivity index (χ4n) is 5.40. The van der Waals surface area contributed by atoms with E-state index in [2.05, 4.69) is 15.5 Å². The summed E-state index contributed by atoms with van der Waals surface area (Å²) in [5, 5.41) is 5.92. The zero-order valence-corrected chi connectivity index (χ0v) is 19.8. The number of likely N-dealkylation sites (tertiary alicyclic amines) is 1. The third-order valence-electron chi connectivity index (χ3n) is 7.66. The van der Waals surface area contributed by atoms with E-state index in [-0.39, 0.29) is 35.7 Å². The van der Waals surface area contributed by atoms with Gasteiger partial charge in [0.2, 0.25) is 0 Å². The number of nitrogens with one attached hydrogen (secondary N) is 2. The largest absolute Gasteiger partial charge is 0.416 e. The van der Waals surface area contributed by atoms with Gasteiger partial charge in [0.25, 0.3) is 17.4 Å². The van der Waals surface area contributed by atoms with E-state index in [4.69, 9.17) is 0 Å². The molecular weight excluding hydrogens is 483 g/mol. The monoisotopic (exact) mass is 510 g/mol. The summed E-state index contributed by atoms with van der Waals surface area (Å²) in [6.45, 7) is 3.29. The molecule has 1 unspecified atom stereocenters. The van der Waals surface area contributed by atoms with Crippen molar-refractivity contribution >= 4 is 11.6 Å². The molecule has 0 bridgehead atoms. The molecule has 2 aliphatic carbocycles. The minimum Gasteiger partial charge on any atom is -0.381 e. The van der Waals surface area contributed by atoms with Gasteiger partial charge in [-0.1, -0.05) is 12.1 Å². The number of carbonyl (C=O) groups is 1. The molecular formula is C25H27F5N4O2. The van der Waals surface area contributed by atoms with Crippen LogP contribution in [0.25, 0.3) is 0 Å². The number of carbonyl (C=O) groups excluding carboxylic acids is 1. The number of rotatable bonds is 6. The summed E-state index contributed by atoms with van der Waals surface area (Å²) in [7, 11) is 2.01. The van der Waals surface area contributed by atoms with Crippen molar-refractivity contribution in [3.05, 3.63) is 63.6 Å². The molecule has 6 nitrogen and oxygen atoms in total. The Morgan fingerprint density at radius 1 is 1.17 bits per heavy atom. The molecule has 2 saturated carbocycles. The van der Waals surface area contributed by atoms with Crippen molar-refractivity contribution in [2.75, 3.05) is 25.5 Å². The Balaban J connectivity index is 1.42. The van der Waals surface area contributed by atoms with Gasteiger partial charge < -0.3 is 20.1 Å². The fourth-order valence-corrected chi connectivity index (χ4v) is 5.40. The lowest BCUT2D eigenvalue weighted by molar-refractivity contribution is -0.137. The van der Waals surface area contributed by atoms with E-state index in [0.29, 0.717) is 11.8 Å². The second-order valence-electron chi connectivity index (χ2n) is 10.2. The standard InChI is InChI=1S/C25H27F5N4O2/c1-13(14-4-3-5-15(8-14)25(28,29)30)31-23(36)18-12-34(20-6-7-24(20,26)27)21(35)9-19(18)32-22-16-10-33(2)11-17(16)22/h3-5,8-9,12-13,16-17,20,22,32H,6-7,10-11H2,1-2H3,(H,31,36)/t13-,16-,17+,20+,22?/m1/s1. The highest BCUT2D eigenvalue weighted by atomic mass is 19.4. The van der Waals surface area contributed by atoms with Crippen molar-refractivity contribution in [3.8, 4) is 0 Å². The number of piperidine rings is 1. The maximum absolute atomic E-state index is 14.1. The van der Waals surface area contributed by atoms with E-state index >= 15 is 0 Å². The number of nitrogens with zero attached hydrogens (tertiary/aromatic N) is 2. The van der Waals surface area contributed by atoms with Crippen LogP contribution in [0.1, 0.15) is 53.3 Å². The molecule has 1 aliphatic heterocycles. The van der Waals surface area contributed by atoms with Gasteiger partial charge >= 0.3 is 6.18 Å². The number of amides is 1. The molecule has 2 aromatic rings. The number of hydrogen-bond acceptors (Lipinski definition) is 4. The first kappa shape index (κ1) is 24.7. The first-order valence-corrected chi connectivity index (χ1v) is 11.9. The summed E-state index contributed by atoms with van der Waals surface area (Å²) in [6, 6.07) is 3.74. The van der Waals surface area contributed by atoms with Crippen LogP contribution in [0, 0.1) is 11.8 Å². The van der Waals surface area contributed by atoms with Crippen molar-refractivity contribution in [3.63, 3.8) is 0 Å². The van der Waals surface area contributed by atoms with Crippen LogP contribution in [0.4, 0.5) is 27.6 Å². The third kappa shape index (κ3) is 4.49. The molecule has 36 heavy (non-hydrogen) atoms. The van der Waals surface area contributed by atoms with Crippen molar-refractivity contribution in [2.45, 2.75) is 50.0 Å². The molecule has 1 saturated heterocycles. The average molecular weight is 511 g/mol. The summed E-state index contributed by atoms with van der Waals surface area (Å²) < 4.78 is 68.5. The summed E-state index contributed by atoms with van der Waals surface area (Å²) in [5.41, 5.74) is -0.975. The molecule has 2 heterocycles. The molecule has 11 heteroatoms. The van der Waals surface area contributed by atoms with Gasteiger partial charge in [0.15, 0.2) is 0 Å². The van der Waals surface area contributed by atoms with E-state index in [1.54, 1.807) is 0 Å². The van der Waals surface area contributed by atoms with Crippen LogP contribution in [0.3, 0.4) is 0 Å². The molecule has 1 amide bonds. The minimum atomic E-state index is -4.53. The lowest BCUT2D eigenvalue weighted by Crippen LogP contribution is -2.45. The number of anilines is 1. The molecule has 0 spiro atoms. The van der Waals surface area contributed by atoms with Crippen molar-refractivity contribution in [2.24, 2.45) is 11.8 Å². The van der Waals surface area contributed by atoms with Gasteiger partial charge in [-0.3, -0.25) is 9.59 Å². The molecule has 5 rings (SSSR count). The summed E-state index contributed by atoms with van der Waals surface area (Å²) in [6.07, 6.45) is -3.60. The number of aromatic nitrogens is 1. The summed E-state index contributed by atoms with van der Waals surface area (Å²) in [5.74, 6) is -2.97. The predicted molar refractivity (Wildman–Crippen MR) is 123 cm³/mol. The molecule has 1 aromatic carbocycles. The van der Waals surface area contributed by atoms with Gasteiger partial charge in [0.1, 0.15) is 6.04 Å². The van der Waals surface area contributed by atoms with Crippen LogP contribution in [0.2, 0.25) is 0 Å². The van der Waals surface area contributed by atoms with Crippen LogP contribution < -0.4 is 16.2 Å². The highest BCUT2D eigenvalue weighted by molar-refractivity contribution is 5.99. The Labute approximate surface area is 204 Å². The van der Waals surface area contributed by atoms with E-state index in [1.165, 1.54) is 25.1 Å². The predicted octanol–water partition coefficient (Wildman–Crippen LogP) is 4.30. The number of alkyl halides is 5. The maximum Gasteiger partial charge on any atom is 0.416 e. The van der Waals surface area contributed by atoms with E-state index in [0.717, 1.165) is 36.0 Å². The molecule has 5 atom stereocenters. The second-order valence-corrected chi connectivity index (χ2v) is 10.2. The van der Waals surface area contributed by atoms with Gasteiger partial charge in [-0.2, -0.15) is 13.2 Å². The number of benzene rings is 1. The van der Waals surface area contributed by atoms with Crippen LogP contribution in [0.5, 0.6) is 0 Å². The van der Waals surface area contributed by atoms with Gasteiger partial charge in [-0.05, 0) is 49.9 Å². The molecule has 2 N–H and O–H groups in total. The normalized spacial score (nSPS) is 27.6. The third-order valence-corrected chi connectivity index (χ3v) is 7.66. The van der Waals surface area contributed by atoms with Crippen molar-refractivity contribution in [1.82, 2.24) is 14.8 Å². The topological polar surface area (TPSA) is 66.4 Å². The van der Waals surface area contributed by atoms with E-state index in [1.807, 2.05) is 7.05 Å². The smallest absolute Gasteiger partial charge is 0.381 e. The van der Waals surface area contributed by atoms with Crippen LogP contribution >= 0.6 is 0 Å². The Bertz CT molecular complexity index is 1230. The lowest BCUT2D eigenvalue weighted by atomic mass is 9.87. The molecule has 3 aliphatic rings. The number of halogens is 5. The Morgan fingerprint density at radius 3 is 2.44 bits per heavy atom. The van der Waals surface area contributed by atoms with Gasteiger partial charge in [0, 0.05) is 37.8 Å². The second kappa shape index (κ2) is 8.57. The van der Waals surface area contributed by atoms with Crippen molar-refractivity contribution < 1.29 is 26.7 Å². The number of fused-ring (bicyclic) bond motifs is 1. The van der Waals surface area contributed by atoms with Crippen LogP contribution in [-0.4, -0.2) is 47.5 Å². The first-order valence-electron chi connectivity index (χ1n) is 11.9. The zero-order valence-electron chi connectivity index (χ0n) is 19.8. The minimum absolute atomic E-state index is 0.00875. The molecule has 0 radical (unpaired) electrons. The fraction of sp³-hybridized carbons (Fsp3) is 0.520. The molecule has 1 aromatic heterocycles. The quantitative estimate of drug-likeness (QED) is 0.569. The summed E-state index contributed by atoms with van der Waals surface area (Å²) in [4.78, 5) is 28.2. The Hall–Kier alpha value is -2.95. The first-order chi connectivity index (χ1) is 16.8. The average Bonchev–Trinajstić information content (AvgIpc) is 3.24. The van der Waals surface area contributed by atoms with E-state index < -0.39 is 41.2 Å². The SMILES string of the molecule is C[C@@H](NC(=O)c1cn([C@H]2CCC2(F)F)c(=O)cc1NC1[C@H]2CN(C)C[C@@H]12)c1cccc(C(F)(F)F)c1. The van der Waals surface area contributed by atoms with Gasteiger partial charge in [-0.25, -0.2) is 8.78 Å². The Kier molecular flexibility index (Phi) is 5.89. The Morgan fingerprint density at radius 2 is 1.86 bits per heavy atom. The van der Waals surface area contributed by atoms with Gasteiger partial charge in [-0.15, -0.1) is 0 Å². The van der Waals surface area contributed by atoms with E-state index in [9.17, 15) is 31.5 Å². The highest BCUT2D eigenvalue weighted by Crippen LogP contribution is 2.48. The van der Waals surface area contributed by atoms with Crippen molar-refractivity contribution in [1.29, 1.82) is 0 Å². The number of pyridine rings is 1. The van der Waals surface area contributed by atoms with Crippen LogP contribution in [0.15, 0.2) is 41.3 Å². The van der Waals surface area contributed by atoms with Gasteiger partial charge in [0.05, 0.1) is 22.9 Å². The number of hydrogen-bond donors (Lipinski definition) is 2. The van der Waals surface area contributed by atoms with Crippen LogP contribution in [-0.2, 0) is 6.18 Å². The highest BCUT2D eigenvalue weighted by Gasteiger charge is 2.55. The lowest BCUT2D eigenvalue weighted by Gasteiger charge is -2.37. The maximum atomic E-state index is 14.1. The summed E-state index contributed by atoms with van der Waals surface area (Å²) >= 11 is 0. The zero-order chi connectivity index (χ0) is 26.0.